The molecular formula is C43H49N5O7. The highest BCUT2D eigenvalue weighted by atomic mass is 16.7. The van der Waals surface area contributed by atoms with Gasteiger partial charge in [0.25, 0.3) is 11.8 Å². The second-order valence-corrected chi connectivity index (χ2v) is 16.5. The standard InChI is InChI=1S/C33H37N5O5.C10H12O2/c1-32(35-29(39)21-15-23-22-10-6-11-24-28(22)20(17-34-24)16-25(23)36(2)18-21)31(41)38-26(14-19-8-4-3-5-9-19)30(40)37-13-7-12-27(37)33(38,42)43-32;1-6(2)8-5-9(11)7(3)4-10(8)12/h3-6,8-11,17,21,23,25-27,34,42H,7,12-16,18H2,1-2H3,(H,35,39);4-6H,1-3H3/t21-,23-,25-,26+,27+,32-,33+;/m1./s1. The number of likely N-dealkylation sites (tertiary alicyclic amines) is 1. The summed E-state index contributed by atoms with van der Waals surface area (Å²) in [7, 11) is 2.06. The minimum atomic E-state index is -2.03. The Hall–Kier alpha value is -4.91. The SMILES string of the molecule is CC1=CC(=O)C(C(C)C)=CC1=O.CN1C[C@H](C(=O)N[C@]2(C)O[C@@]3(O)[C@@H]4CCCN4C(=O)[C@H](Cc4ccccc4)N3C2=O)C[C@@H]2c3cccc4[nH]cc(c34)C[C@H]21. The minimum absolute atomic E-state index is 0.0258. The molecule has 12 nitrogen and oxygen atoms in total. The molecular weight excluding hydrogens is 699 g/mol. The third-order valence-corrected chi connectivity index (χ3v) is 12.6. The van der Waals surface area contributed by atoms with Gasteiger partial charge in [-0.1, -0.05) is 56.3 Å². The first-order valence-corrected chi connectivity index (χ1v) is 19.4. The summed E-state index contributed by atoms with van der Waals surface area (Å²) in [6.45, 7) is 8.03. The van der Waals surface area contributed by atoms with Crippen molar-refractivity contribution in [3.63, 3.8) is 0 Å². The van der Waals surface area contributed by atoms with Crippen molar-refractivity contribution in [1.29, 1.82) is 0 Å². The Labute approximate surface area is 320 Å². The molecule has 55 heavy (non-hydrogen) atoms. The summed E-state index contributed by atoms with van der Waals surface area (Å²) in [6.07, 6.45) is 7.99. The van der Waals surface area contributed by atoms with Crippen LogP contribution in [0, 0.1) is 11.8 Å². The van der Waals surface area contributed by atoms with Gasteiger partial charge in [0.05, 0.1) is 5.92 Å². The van der Waals surface area contributed by atoms with E-state index in [4.69, 9.17) is 4.74 Å². The van der Waals surface area contributed by atoms with Crippen LogP contribution < -0.4 is 5.32 Å². The number of hydrogen-bond acceptors (Lipinski definition) is 8. The van der Waals surface area contributed by atoms with E-state index < -0.39 is 29.6 Å². The molecule has 0 spiro atoms. The number of nitrogens with one attached hydrogen (secondary N) is 2. The largest absolute Gasteiger partial charge is 0.361 e. The van der Waals surface area contributed by atoms with Crippen molar-refractivity contribution in [3.8, 4) is 0 Å². The van der Waals surface area contributed by atoms with Gasteiger partial charge in [-0.15, -0.1) is 0 Å². The van der Waals surface area contributed by atoms with Crippen LogP contribution in [0.1, 0.15) is 69.6 Å². The molecule has 0 unspecified atom stereocenters. The van der Waals surface area contributed by atoms with Crippen molar-refractivity contribution < 1.29 is 33.8 Å². The number of amides is 3. The fourth-order valence-corrected chi connectivity index (χ4v) is 9.78. The molecule has 2 aromatic carbocycles. The first kappa shape index (κ1) is 37.0. The van der Waals surface area contributed by atoms with Gasteiger partial charge < -0.3 is 25.2 Å². The van der Waals surface area contributed by atoms with E-state index in [1.807, 2.05) is 44.2 Å². The van der Waals surface area contributed by atoms with E-state index in [2.05, 4.69) is 46.6 Å². The monoisotopic (exact) mass is 747 g/mol. The quantitative estimate of drug-likeness (QED) is 0.334. The molecule has 6 aliphatic rings. The molecule has 1 aromatic heterocycles. The number of benzene rings is 2. The van der Waals surface area contributed by atoms with Crippen LogP contribution in [0.5, 0.6) is 0 Å². The van der Waals surface area contributed by atoms with Crippen LogP contribution in [0.15, 0.2) is 78.0 Å². The van der Waals surface area contributed by atoms with E-state index in [9.17, 15) is 29.1 Å². The van der Waals surface area contributed by atoms with Crippen LogP contribution in [0.4, 0.5) is 0 Å². The molecule has 288 valence electrons. The van der Waals surface area contributed by atoms with Crippen LogP contribution in [-0.4, -0.2) is 104 Å². The highest BCUT2D eigenvalue weighted by Gasteiger charge is 2.70. The summed E-state index contributed by atoms with van der Waals surface area (Å²) in [5, 5.41) is 16.2. The van der Waals surface area contributed by atoms with Gasteiger partial charge in [0.1, 0.15) is 12.1 Å². The Balaban J connectivity index is 0.000000306. The van der Waals surface area contributed by atoms with Gasteiger partial charge in [-0.05, 0) is 87.4 Å². The van der Waals surface area contributed by atoms with Crippen molar-refractivity contribution in [3.05, 3.63) is 94.7 Å². The smallest absolute Gasteiger partial charge is 0.280 e. The number of hydrogen-bond donors (Lipinski definition) is 3. The zero-order valence-electron chi connectivity index (χ0n) is 32.0. The number of fused-ring (bicyclic) bond motifs is 5. The fourth-order valence-electron chi connectivity index (χ4n) is 9.78. The average molecular weight is 748 g/mol. The minimum Gasteiger partial charge on any atom is -0.361 e. The predicted octanol–water partition coefficient (Wildman–Crippen LogP) is 3.75. The van der Waals surface area contributed by atoms with E-state index in [0.29, 0.717) is 43.5 Å². The first-order chi connectivity index (χ1) is 26.2. The number of piperidine rings is 1. The van der Waals surface area contributed by atoms with Crippen LogP contribution in [0.25, 0.3) is 10.9 Å². The number of ketones is 2. The molecule has 5 heterocycles. The first-order valence-electron chi connectivity index (χ1n) is 19.4. The number of carbonyl (C=O) groups is 5. The lowest BCUT2D eigenvalue weighted by molar-refractivity contribution is -0.315. The summed E-state index contributed by atoms with van der Waals surface area (Å²) >= 11 is 0. The van der Waals surface area contributed by atoms with Gasteiger partial charge in [0.15, 0.2) is 11.6 Å². The second kappa shape index (κ2) is 13.7. The number of likely N-dealkylation sites (N-methyl/N-ethyl adjacent to an activating group) is 1. The molecule has 9 rings (SSSR count). The number of aromatic nitrogens is 1. The molecule has 0 saturated carbocycles. The summed E-state index contributed by atoms with van der Waals surface area (Å²) in [5.41, 5.74) is 3.89. The summed E-state index contributed by atoms with van der Waals surface area (Å²) in [6, 6.07) is 14.4. The summed E-state index contributed by atoms with van der Waals surface area (Å²) < 4.78 is 6.25. The number of ether oxygens (including phenoxy) is 1. The molecule has 12 heteroatoms. The third-order valence-electron chi connectivity index (χ3n) is 12.6. The van der Waals surface area contributed by atoms with Gasteiger partial charge in [0.2, 0.25) is 17.5 Å². The highest BCUT2D eigenvalue weighted by molar-refractivity contribution is 6.19. The maximum Gasteiger partial charge on any atom is 0.280 e. The van der Waals surface area contributed by atoms with Gasteiger partial charge in [0, 0.05) is 59.7 Å². The number of nitrogens with zero attached hydrogens (tertiary/aromatic N) is 3. The summed E-state index contributed by atoms with van der Waals surface area (Å²) in [5.74, 6) is -3.25. The molecule has 3 amide bonds. The van der Waals surface area contributed by atoms with Crippen LogP contribution in [-0.2, 0) is 41.6 Å². The van der Waals surface area contributed by atoms with E-state index in [-0.39, 0.29) is 53.6 Å². The molecule has 4 saturated heterocycles. The second-order valence-electron chi connectivity index (χ2n) is 16.5. The van der Waals surface area contributed by atoms with E-state index in [0.717, 1.165) is 17.5 Å². The highest BCUT2D eigenvalue weighted by Crippen LogP contribution is 2.47. The number of carbonyl (C=O) groups excluding carboxylic acids is 5. The van der Waals surface area contributed by atoms with E-state index in [1.54, 1.807) is 11.8 Å². The van der Waals surface area contributed by atoms with Crippen LogP contribution in [0.2, 0.25) is 0 Å². The molecule has 3 aromatic rings. The van der Waals surface area contributed by atoms with Crippen molar-refractivity contribution in [2.45, 2.75) is 95.5 Å². The van der Waals surface area contributed by atoms with Crippen molar-refractivity contribution in [1.82, 2.24) is 25.0 Å². The third kappa shape index (κ3) is 6.15. The van der Waals surface area contributed by atoms with Gasteiger partial charge >= 0.3 is 0 Å². The number of aliphatic hydroxyl groups is 1. The number of rotatable bonds is 5. The Kier molecular flexibility index (Phi) is 9.21. The van der Waals surface area contributed by atoms with E-state index in [1.165, 1.54) is 40.5 Å². The fraction of sp³-hybridized carbons (Fsp3) is 0.465. The lowest BCUT2D eigenvalue weighted by Gasteiger charge is -2.48. The summed E-state index contributed by atoms with van der Waals surface area (Å²) in [4.78, 5) is 72.9. The lowest BCUT2D eigenvalue weighted by Crippen LogP contribution is -2.71. The van der Waals surface area contributed by atoms with Gasteiger partial charge in [-0.25, -0.2) is 0 Å². The topological polar surface area (TPSA) is 152 Å². The Bertz CT molecular complexity index is 2160. The number of aromatic amines is 1. The zero-order valence-corrected chi connectivity index (χ0v) is 32.0. The van der Waals surface area contributed by atoms with Crippen molar-refractivity contribution >= 4 is 40.2 Å². The van der Waals surface area contributed by atoms with Crippen molar-refractivity contribution in [2.24, 2.45) is 11.8 Å². The van der Waals surface area contributed by atoms with E-state index >= 15 is 0 Å². The molecule has 4 fully saturated rings. The molecule has 3 N–H and O–H groups in total. The number of H-pyrrole nitrogens is 1. The Morgan fingerprint density at radius 3 is 2.56 bits per heavy atom. The van der Waals surface area contributed by atoms with Gasteiger partial charge in [-0.2, -0.15) is 0 Å². The van der Waals surface area contributed by atoms with Crippen molar-refractivity contribution in [2.75, 3.05) is 20.1 Å². The normalized spacial score (nSPS) is 31.4. The molecule has 4 aliphatic heterocycles. The zero-order chi connectivity index (χ0) is 39.0. The number of piperazine rings is 1. The molecule has 0 bridgehead atoms. The maximum atomic E-state index is 14.2. The molecule has 7 atom stereocenters. The Morgan fingerprint density at radius 2 is 1.82 bits per heavy atom. The lowest BCUT2D eigenvalue weighted by atomic mass is 9.72. The van der Waals surface area contributed by atoms with Crippen LogP contribution >= 0.6 is 0 Å². The Morgan fingerprint density at radius 1 is 1.05 bits per heavy atom. The predicted molar refractivity (Wildman–Crippen MR) is 204 cm³/mol. The average Bonchev–Trinajstić information content (AvgIpc) is 3.86. The molecule has 0 radical (unpaired) electrons. The van der Waals surface area contributed by atoms with Gasteiger partial charge in [-0.3, -0.25) is 33.6 Å². The van der Waals surface area contributed by atoms with Crippen LogP contribution in [0.3, 0.4) is 0 Å². The maximum absolute atomic E-state index is 14.2. The number of allylic oxidation sites excluding steroid dienone is 4. The molecule has 2 aliphatic carbocycles.